The van der Waals surface area contributed by atoms with Gasteiger partial charge >= 0.3 is 12.1 Å². The molecule has 37 heavy (non-hydrogen) atoms. The number of aromatic nitrogens is 2. The van der Waals surface area contributed by atoms with Crippen LogP contribution < -0.4 is 10.2 Å². The molecule has 1 aliphatic carbocycles. The first-order valence-electron chi connectivity index (χ1n) is 13.1. The smallest absolute Gasteiger partial charge is 0.412 e. The van der Waals surface area contributed by atoms with Gasteiger partial charge in [0.1, 0.15) is 11.2 Å². The van der Waals surface area contributed by atoms with Crippen molar-refractivity contribution in [2.75, 3.05) is 16.8 Å². The van der Waals surface area contributed by atoms with Gasteiger partial charge in [0.05, 0.1) is 12.3 Å². The predicted molar refractivity (Wildman–Crippen MR) is 143 cm³/mol. The van der Waals surface area contributed by atoms with Crippen molar-refractivity contribution in [2.45, 2.75) is 85.8 Å². The summed E-state index contributed by atoms with van der Waals surface area (Å²) in [5.74, 6) is 0.306. The van der Waals surface area contributed by atoms with Gasteiger partial charge in [-0.3, -0.25) is 15.0 Å². The van der Waals surface area contributed by atoms with Gasteiger partial charge in [0, 0.05) is 23.8 Å². The SMILES string of the molecule is CCOC(=O)c1cn(-c2ccc(NC(=O)OC(C)(C)C)cc2)nc1N(C(=O)C1CCC(C)CC1)C(C)C. The van der Waals surface area contributed by atoms with Gasteiger partial charge in [-0.05, 0) is 97.4 Å². The van der Waals surface area contributed by atoms with Crippen molar-refractivity contribution in [2.24, 2.45) is 11.8 Å². The molecule has 0 saturated heterocycles. The number of nitrogens with one attached hydrogen (secondary N) is 1. The van der Waals surface area contributed by atoms with Crippen LogP contribution in [0.3, 0.4) is 0 Å². The summed E-state index contributed by atoms with van der Waals surface area (Å²) in [4.78, 5) is 40.3. The molecule has 1 N–H and O–H groups in total. The highest BCUT2D eigenvalue weighted by atomic mass is 16.6. The number of amides is 2. The third-order valence-electron chi connectivity index (χ3n) is 6.31. The molecule has 1 heterocycles. The molecule has 3 rings (SSSR count). The average Bonchev–Trinajstić information content (AvgIpc) is 3.23. The first-order valence-corrected chi connectivity index (χ1v) is 13.1. The Bertz CT molecular complexity index is 1090. The number of ether oxygens (including phenoxy) is 2. The minimum atomic E-state index is -0.603. The van der Waals surface area contributed by atoms with Gasteiger partial charge in [0.2, 0.25) is 5.91 Å². The molecule has 1 aromatic carbocycles. The molecule has 2 aromatic rings. The molecule has 0 atom stereocenters. The number of carbonyl (C=O) groups is 3. The van der Waals surface area contributed by atoms with E-state index in [4.69, 9.17) is 9.47 Å². The van der Waals surface area contributed by atoms with E-state index in [-0.39, 0.29) is 30.0 Å². The van der Waals surface area contributed by atoms with Gasteiger partial charge in [-0.2, -0.15) is 0 Å². The Morgan fingerprint density at radius 2 is 1.73 bits per heavy atom. The van der Waals surface area contributed by atoms with Crippen LogP contribution in [0.5, 0.6) is 0 Å². The Balaban J connectivity index is 1.91. The molecule has 2 amide bonds. The predicted octanol–water partition coefficient (Wildman–Crippen LogP) is 5.96. The fourth-order valence-electron chi connectivity index (χ4n) is 4.45. The number of hydrogen-bond donors (Lipinski definition) is 1. The normalized spacial score (nSPS) is 17.8. The maximum absolute atomic E-state index is 13.6. The average molecular weight is 513 g/mol. The van der Waals surface area contributed by atoms with Crippen LogP contribution in [-0.2, 0) is 14.3 Å². The number of hydrogen-bond acceptors (Lipinski definition) is 6. The zero-order valence-electron chi connectivity index (χ0n) is 23.0. The second kappa shape index (κ2) is 11.8. The van der Waals surface area contributed by atoms with Crippen LogP contribution in [0.25, 0.3) is 5.69 Å². The first-order chi connectivity index (χ1) is 17.4. The van der Waals surface area contributed by atoms with Crippen molar-refractivity contribution in [1.82, 2.24) is 9.78 Å². The van der Waals surface area contributed by atoms with Gasteiger partial charge in [-0.15, -0.1) is 5.10 Å². The lowest BCUT2D eigenvalue weighted by Gasteiger charge is -2.32. The zero-order chi connectivity index (χ0) is 27.3. The van der Waals surface area contributed by atoms with Crippen molar-refractivity contribution in [3.8, 4) is 5.69 Å². The van der Waals surface area contributed by atoms with E-state index in [1.54, 1.807) is 67.7 Å². The molecule has 1 saturated carbocycles. The van der Waals surface area contributed by atoms with Crippen LogP contribution >= 0.6 is 0 Å². The van der Waals surface area contributed by atoms with Gasteiger partial charge in [-0.25, -0.2) is 14.3 Å². The second-order valence-electron chi connectivity index (χ2n) is 11.0. The summed E-state index contributed by atoms with van der Waals surface area (Å²) < 4.78 is 12.2. The zero-order valence-corrected chi connectivity index (χ0v) is 23.0. The topological polar surface area (TPSA) is 103 Å². The molecule has 0 radical (unpaired) electrons. The molecular weight excluding hydrogens is 472 g/mol. The molecule has 0 unspecified atom stereocenters. The Labute approximate surface area is 219 Å². The number of rotatable bonds is 7. The van der Waals surface area contributed by atoms with E-state index < -0.39 is 17.7 Å². The molecule has 1 aromatic heterocycles. The Morgan fingerprint density at radius 1 is 1.11 bits per heavy atom. The van der Waals surface area contributed by atoms with Gasteiger partial charge in [0.25, 0.3) is 0 Å². The molecule has 9 nitrogen and oxygen atoms in total. The van der Waals surface area contributed by atoms with Crippen LogP contribution in [0.1, 0.15) is 84.5 Å². The summed E-state index contributed by atoms with van der Waals surface area (Å²) in [5.41, 5.74) is 0.855. The second-order valence-corrected chi connectivity index (χ2v) is 11.0. The van der Waals surface area contributed by atoms with Crippen molar-refractivity contribution in [3.63, 3.8) is 0 Å². The molecule has 0 spiro atoms. The van der Waals surface area contributed by atoms with Crippen LogP contribution in [0, 0.1) is 11.8 Å². The monoisotopic (exact) mass is 512 g/mol. The molecular formula is C28H40N4O5. The number of nitrogens with zero attached hydrogens (tertiary/aromatic N) is 3. The molecule has 1 aliphatic rings. The van der Waals surface area contributed by atoms with Crippen molar-refractivity contribution in [3.05, 3.63) is 36.0 Å². The molecule has 202 valence electrons. The third-order valence-corrected chi connectivity index (χ3v) is 6.31. The van der Waals surface area contributed by atoms with Crippen molar-refractivity contribution < 1.29 is 23.9 Å². The van der Waals surface area contributed by atoms with Crippen molar-refractivity contribution in [1.29, 1.82) is 0 Å². The number of benzene rings is 1. The highest BCUT2D eigenvalue weighted by Gasteiger charge is 2.34. The quantitative estimate of drug-likeness (QED) is 0.459. The lowest BCUT2D eigenvalue weighted by atomic mass is 9.82. The van der Waals surface area contributed by atoms with E-state index in [1.165, 1.54) is 0 Å². The Kier molecular flexibility index (Phi) is 8.99. The number of anilines is 2. The fraction of sp³-hybridized carbons (Fsp3) is 0.571. The van der Waals surface area contributed by atoms with Gasteiger partial charge < -0.3 is 9.47 Å². The Hall–Kier alpha value is -3.36. The van der Waals surface area contributed by atoms with Crippen molar-refractivity contribution >= 4 is 29.5 Å². The largest absolute Gasteiger partial charge is 0.462 e. The molecule has 0 bridgehead atoms. The lowest BCUT2D eigenvalue weighted by molar-refractivity contribution is -0.124. The first kappa shape index (κ1) is 28.2. The molecule has 1 fully saturated rings. The van der Waals surface area contributed by atoms with E-state index >= 15 is 0 Å². The highest BCUT2D eigenvalue weighted by molar-refractivity contribution is 6.02. The van der Waals surface area contributed by atoms with E-state index in [1.807, 2.05) is 13.8 Å². The lowest BCUT2D eigenvalue weighted by Crippen LogP contribution is -2.43. The van der Waals surface area contributed by atoms with Crippen LogP contribution in [-0.4, -0.2) is 46.0 Å². The van der Waals surface area contributed by atoms with Crippen LogP contribution in [0.2, 0.25) is 0 Å². The summed E-state index contributed by atoms with van der Waals surface area (Å²) in [7, 11) is 0. The van der Waals surface area contributed by atoms with E-state index in [0.717, 1.165) is 25.7 Å². The maximum atomic E-state index is 13.6. The minimum absolute atomic E-state index is 0.00499. The van der Waals surface area contributed by atoms with E-state index in [0.29, 0.717) is 23.1 Å². The third kappa shape index (κ3) is 7.33. The number of esters is 1. The minimum Gasteiger partial charge on any atom is -0.462 e. The summed E-state index contributed by atoms with van der Waals surface area (Å²) in [6, 6.07) is 6.78. The number of carbonyl (C=O) groups excluding carboxylic acids is 3. The standard InChI is InChI=1S/C28H40N4O5/c1-8-36-26(34)23-17-31(22-15-13-21(14-16-22)29-27(35)37-28(5,6)7)30-24(23)32(18(2)3)25(33)20-11-9-19(4)10-12-20/h13-20H,8-12H2,1-7H3,(H,29,35). The summed E-state index contributed by atoms with van der Waals surface area (Å²) in [6.45, 7) is 13.4. The van der Waals surface area contributed by atoms with Gasteiger partial charge in [0.15, 0.2) is 5.82 Å². The maximum Gasteiger partial charge on any atom is 0.412 e. The molecule has 0 aliphatic heterocycles. The summed E-state index contributed by atoms with van der Waals surface area (Å²) in [5, 5.41) is 7.38. The van der Waals surface area contributed by atoms with E-state index in [2.05, 4.69) is 17.3 Å². The molecule has 9 heteroatoms. The summed E-state index contributed by atoms with van der Waals surface area (Å²) in [6.07, 6.45) is 4.76. The van der Waals surface area contributed by atoms with Crippen LogP contribution in [0.4, 0.5) is 16.3 Å². The fourth-order valence-corrected chi connectivity index (χ4v) is 4.45. The Morgan fingerprint density at radius 3 is 2.27 bits per heavy atom. The highest BCUT2D eigenvalue weighted by Crippen LogP contribution is 2.33. The van der Waals surface area contributed by atoms with Gasteiger partial charge in [-0.1, -0.05) is 6.92 Å². The summed E-state index contributed by atoms with van der Waals surface area (Å²) >= 11 is 0. The van der Waals surface area contributed by atoms with E-state index in [9.17, 15) is 14.4 Å². The van der Waals surface area contributed by atoms with Crippen LogP contribution in [0.15, 0.2) is 30.5 Å².